The van der Waals surface area contributed by atoms with E-state index in [9.17, 15) is 5.11 Å². The Morgan fingerprint density at radius 3 is 2.33 bits per heavy atom. The second kappa shape index (κ2) is 6.85. The Labute approximate surface area is 112 Å². The third-order valence-corrected chi connectivity index (χ3v) is 3.41. The predicted molar refractivity (Wildman–Crippen MR) is 74.3 cm³/mol. The van der Waals surface area contributed by atoms with Crippen LogP contribution in [0.1, 0.15) is 53.9 Å². The van der Waals surface area contributed by atoms with Crippen molar-refractivity contribution in [2.45, 2.75) is 77.7 Å². The Bertz CT molecular complexity index is 230. The number of hydrogen-bond acceptors (Lipinski definition) is 4. The van der Waals surface area contributed by atoms with Gasteiger partial charge in [0.25, 0.3) is 0 Å². The van der Waals surface area contributed by atoms with Crippen molar-refractivity contribution in [3.05, 3.63) is 0 Å². The summed E-state index contributed by atoms with van der Waals surface area (Å²) in [6, 6.07) is 1.09. The number of nitrogens with zero attached hydrogens (tertiary/aromatic N) is 1. The Kier molecular flexibility index (Phi) is 6.05. The average molecular weight is 258 g/mol. The van der Waals surface area contributed by atoms with Gasteiger partial charge in [-0.3, -0.25) is 5.43 Å². The maximum absolute atomic E-state index is 9.90. The predicted octanol–water partition coefficient (Wildman–Crippen LogP) is 1.93. The molecule has 108 valence electrons. The minimum atomic E-state index is -0.453. The number of rotatable bonds is 5. The summed E-state index contributed by atoms with van der Waals surface area (Å²) >= 11 is 0. The zero-order valence-corrected chi connectivity index (χ0v) is 12.6. The lowest BCUT2D eigenvalue weighted by Gasteiger charge is -2.39. The van der Waals surface area contributed by atoms with Crippen LogP contribution in [0.25, 0.3) is 0 Å². The van der Waals surface area contributed by atoms with Gasteiger partial charge in [-0.15, -0.1) is 0 Å². The smallest absolute Gasteiger partial charge is 0.0911 e. The van der Waals surface area contributed by atoms with Gasteiger partial charge in [0, 0.05) is 18.6 Å². The molecule has 1 fully saturated rings. The molecule has 0 aromatic rings. The summed E-state index contributed by atoms with van der Waals surface area (Å²) in [5.41, 5.74) is 3.17. The fraction of sp³-hybridized carbons (Fsp3) is 1.00. The van der Waals surface area contributed by atoms with Crippen molar-refractivity contribution in [2.24, 2.45) is 0 Å². The fourth-order valence-electron chi connectivity index (χ4n) is 2.35. The lowest BCUT2D eigenvalue weighted by molar-refractivity contribution is -0.0574. The quantitative estimate of drug-likeness (QED) is 0.791. The van der Waals surface area contributed by atoms with Crippen LogP contribution in [0.5, 0.6) is 0 Å². The first-order chi connectivity index (χ1) is 8.29. The van der Waals surface area contributed by atoms with Gasteiger partial charge in [-0.25, -0.2) is 5.01 Å². The minimum Gasteiger partial charge on any atom is -0.389 e. The molecule has 0 aliphatic carbocycles. The van der Waals surface area contributed by atoms with Gasteiger partial charge in [0.1, 0.15) is 0 Å². The maximum atomic E-state index is 9.90. The summed E-state index contributed by atoms with van der Waals surface area (Å²) in [6.45, 7) is 11.4. The van der Waals surface area contributed by atoms with Crippen molar-refractivity contribution in [1.82, 2.24) is 10.4 Å². The fourth-order valence-corrected chi connectivity index (χ4v) is 2.35. The summed E-state index contributed by atoms with van der Waals surface area (Å²) in [5, 5.41) is 12.2. The summed E-state index contributed by atoms with van der Waals surface area (Å²) < 4.78 is 5.58. The third-order valence-electron chi connectivity index (χ3n) is 3.41. The Balaban J connectivity index is 2.26. The van der Waals surface area contributed by atoms with Crippen molar-refractivity contribution in [2.75, 3.05) is 13.2 Å². The highest BCUT2D eigenvalue weighted by Gasteiger charge is 2.25. The molecule has 1 aliphatic rings. The van der Waals surface area contributed by atoms with E-state index < -0.39 is 6.10 Å². The molecule has 1 aliphatic heterocycles. The van der Waals surface area contributed by atoms with E-state index in [0.717, 1.165) is 0 Å². The first-order valence-corrected chi connectivity index (χ1v) is 7.13. The molecule has 0 spiro atoms. The van der Waals surface area contributed by atoms with Crippen molar-refractivity contribution >= 4 is 0 Å². The molecule has 3 unspecified atom stereocenters. The van der Waals surface area contributed by atoms with Crippen molar-refractivity contribution in [3.8, 4) is 0 Å². The molecule has 18 heavy (non-hydrogen) atoms. The van der Waals surface area contributed by atoms with E-state index in [-0.39, 0.29) is 5.60 Å². The minimum absolute atomic E-state index is 0.188. The van der Waals surface area contributed by atoms with E-state index in [1.807, 2.05) is 20.8 Å². The highest BCUT2D eigenvalue weighted by Crippen LogP contribution is 2.20. The standard InChI is InChI=1S/C14H30N2O2/c1-11-7-6-8-12(2)16(11)15-9-13(17)10-18-14(3,4)5/h11-13,15,17H,6-10H2,1-5H3. The Hall–Kier alpha value is -0.160. The molecule has 0 aromatic carbocycles. The van der Waals surface area contributed by atoms with Crippen LogP contribution < -0.4 is 5.43 Å². The molecule has 0 saturated carbocycles. The molecule has 0 amide bonds. The van der Waals surface area contributed by atoms with E-state index in [4.69, 9.17) is 4.74 Å². The molecule has 1 rings (SSSR count). The highest BCUT2D eigenvalue weighted by atomic mass is 16.5. The summed E-state index contributed by atoms with van der Waals surface area (Å²) in [5.74, 6) is 0. The number of nitrogens with one attached hydrogen (secondary N) is 1. The van der Waals surface area contributed by atoms with Crippen LogP contribution in [0, 0.1) is 0 Å². The Morgan fingerprint density at radius 2 is 1.83 bits per heavy atom. The summed E-state index contributed by atoms with van der Waals surface area (Å²) in [6.07, 6.45) is 3.30. The number of hydrazine groups is 1. The molecule has 0 radical (unpaired) electrons. The first kappa shape index (κ1) is 15.9. The monoisotopic (exact) mass is 258 g/mol. The Morgan fingerprint density at radius 1 is 1.28 bits per heavy atom. The SMILES string of the molecule is CC1CCCC(C)N1NCC(O)COC(C)(C)C. The number of aliphatic hydroxyl groups is 1. The normalized spacial score (nSPS) is 28.3. The molecule has 2 N–H and O–H groups in total. The average Bonchev–Trinajstić information content (AvgIpc) is 2.25. The van der Waals surface area contributed by atoms with Crippen LogP contribution in [0.3, 0.4) is 0 Å². The second-order valence-corrected chi connectivity index (χ2v) is 6.48. The van der Waals surface area contributed by atoms with Gasteiger partial charge in [-0.1, -0.05) is 6.42 Å². The largest absolute Gasteiger partial charge is 0.389 e. The van der Waals surface area contributed by atoms with Gasteiger partial charge in [-0.2, -0.15) is 0 Å². The number of ether oxygens (including phenoxy) is 1. The first-order valence-electron chi connectivity index (χ1n) is 7.13. The van der Waals surface area contributed by atoms with Gasteiger partial charge in [-0.05, 0) is 47.5 Å². The molecule has 1 saturated heterocycles. The second-order valence-electron chi connectivity index (χ2n) is 6.48. The van der Waals surface area contributed by atoms with Crippen LogP contribution in [0.15, 0.2) is 0 Å². The maximum Gasteiger partial charge on any atom is 0.0911 e. The summed E-state index contributed by atoms with van der Waals surface area (Å²) in [4.78, 5) is 0. The number of hydrogen-bond donors (Lipinski definition) is 2. The zero-order chi connectivity index (χ0) is 13.8. The van der Waals surface area contributed by atoms with Gasteiger partial charge in [0.2, 0.25) is 0 Å². The van der Waals surface area contributed by atoms with Crippen LogP contribution >= 0.6 is 0 Å². The van der Waals surface area contributed by atoms with Crippen molar-refractivity contribution in [1.29, 1.82) is 0 Å². The zero-order valence-electron chi connectivity index (χ0n) is 12.6. The molecule has 0 aromatic heterocycles. The molecular formula is C14H30N2O2. The lowest BCUT2D eigenvalue weighted by Crippen LogP contribution is -2.54. The van der Waals surface area contributed by atoms with Gasteiger partial charge in [0.05, 0.1) is 18.3 Å². The lowest BCUT2D eigenvalue weighted by atomic mass is 10.00. The molecule has 4 heteroatoms. The molecular weight excluding hydrogens is 228 g/mol. The van der Waals surface area contributed by atoms with Crippen LogP contribution in [-0.2, 0) is 4.74 Å². The molecule has 4 nitrogen and oxygen atoms in total. The molecule has 0 bridgehead atoms. The molecule has 1 heterocycles. The van der Waals surface area contributed by atoms with E-state index in [0.29, 0.717) is 25.2 Å². The highest BCUT2D eigenvalue weighted by molar-refractivity contribution is 4.77. The van der Waals surface area contributed by atoms with E-state index in [2.05, 4.69) is 24.3 Å². The van der Waals surface area contributed by atoms with Gasteiger partial charge >= 0.3 is 0 Å². The van der Waals surface area contributed by atoms with Crippen LogP contribution in [0.2, 0.25) is 0 Å². The van der Waals surface area contributed by atoms with Crippen molar-refractivity contribution < 1.29 is 9.84 Å². The topological polar surface area (TPSA) is 44.7 Å². The van der Waals surface area contributed by atoms with Gasteiger partial charge in [0.15, 0.2) is 0 Å². The van der Waals surface area contributed by atoms with Crippen LogP contribution in [-0.4, -0.2) is 47.1 Å². The summed E-state index contributed by atoms with van der Waals surface area (Å²) in [7, 11) is 0. The van der Waals surface area contributed by atoms with Gasteiger partial charge < -0.3 is 9.84 Å². The van der Waals surface area contributed by atoms with Crippen LogP contribution in [0.4, 0.5) is 0 Å². The molecule has 3 atom stereocenters. The third kappa shape index (κ3) is 5.65. The number of aliphatic hydroxyl groups excluding tert-OH is 1. The van der Waals surface area contributed by atoms with E-state index in [1.165, 1.54) is 19.3 Å². The van der Waals surface area contributed by atoms with E-state index in [1.54, 1.807) is 0 Å². The van der Waals surface area contributed by atoms with E-state index >= 15 is 0 Å². The number of piperidine rings is 1. The van der Waals surface area contributed by atoms with Crippen molar-refractivity contribution in [3.63, 3.8) is 0 Å².